The maximum Gasteiger partial charge on any atom is 0.335 e. The number of Topliss-reactive ketones (excluding diaryl/α,β-unsaturated/α-hetero) is 1. The Kier molecular flexibility index (Phi) is 43.0. The number of cyclic esters (lactones) is 1. The van der Waals surface area contributed by atoms with E-state index in [9.17, 15) is 110 Å². The van der Waals surface area contributed by atoms with Crippen LogP contribution in [-0.2, 0) is 62.1 Å². The Labute approximate surface area is 660 Å². The van der Waals surface area contributed by atoms with Gasteiger partial charge in [0.15, 0.2) is 18.2 Å². The fraction of sp³-hybridized carbons (Fsp3) is 0.699. The maximum absolute atomic E-state index is 14.6. The number of ketones is 1. The van der Waals surface area contributed by atoms with Crippen molar-refractivity contribution in [3.8, 4) is 0 Å². The van der Waals surface area contributed by atoms with Gasteiger partial charge in [0.05, 0.1) is 104 Å². The van der Waals surface area contributed by atoms with Gasteiger partial charge in [0.1, 0.15) is 18.0 Å². The van der Waals surface area contributed by atoms with Crippen LogP contribution in [0, 0.1) is 64.1 Å². The van der Waals surface area contributed by atoms with Crippen LogP contribution < -0.4 is 16.0 Å². The molecule has 2 heterocycles. The quantitative estimate of drug-likeness (QED) is 0.0216. The summed E-state index contributed by atoms with van der Waals surface area (Å²) in [6, 6.07) is -5.45. The van der Waals surface area contributed by atoms with Crippen molar-refractivity contribution < 1.29 is 128 Å². The predicted molar refractivity (Wildman–Crippen MR) is 417 cm³/mol. The maximum atomic E-state index is 14.6. The van der Waals surface area contributed by atoms with Gasteiger partial charge >= 0.3 is 29.8 Å². The molecule has 2 bridgehead atoms. The first-order chi connectivity index (χ1) is 51.9. The van der Waals surface area contributed by atoms with Crippen molar-refractivity contribution in [1.29, 1.82) is 0 Å². The number of nitrogens with one attached hydrogen (secondary N) is 3. The van der Waals surface area contributed by atoms with Crippen LogP contribution in [0.25, 0.3) is 0 Å². The zero-order valence-corrected chi connectivity index (χ0v) is 68.8. The molecule has 0 spiro atoms. The lowest BCUT2D eigenvalue weighted by Gasteiger charge is -2.36. The third-order valence-electron chi connectivity index (χ3n) is 21.7. The number of rotatable bonds is 27. The molecule has 0 aromatic heterocycles. The van der Waals surface area contributed by atoms with Crippen LogP contribution in [0.1, 0.15) is 189 Å². The minimum atomic E-state index is -2.63. The van der Waals surface area contributed by atoms with E-state index in [4.69, 9.17) is 18.9 Å². The molecule has 26 atom stereocenters. The van der Waals surface area contributed by atoms with Gasteiger partial charge in [-0.2, -0.15) is 0 Å². The Morgan fingerprint density at radius 3 is 1.89 bits per heavy atom. The molecular formula is C83H133N3O26. The Balaban J connectivity index is 2.66. The Morgan fingerprint density at radius 2 is 1.31 bits per heavy atom. The molecule has 2 aliphatic heterocycles. The van der Waals surface area contributed by atoms with Gasteiger partial charge in [0.2, 0.25) is 17.7 Å². The standard InChI is InChI=1S/C83H133N3O26/c1-43(2)68(93)66(84-63(91)35-36-82(15,16)75(100)54(13)76(101)83(17,18)81(108)109-19)72(97)50(9)40-48(7)69(94)45(4)31-33-58(87)52(11)77(102)86-65-55(14)110-80(107)67(74(99)79(105)106)85-62(90)30-28-26-24-22-20-21-23-25-27-29-56-37-44(3)38-57(111-56)41-59(88)51(10)71(96)49(8)39-47(6)70(95)46(5)32-34-61(53(12)73(65)98)112-64(92)42-60(89)78(103)104/h21,23-28,30,32,35-36,39-40,43-45,47,50-61,65-74,76,87-89,93-99,101H,20,22,29,31,33-34,37-38,41-42H2,1-19H3,(H,84,91)(H,85,90)(H,86,102)(H,103,104)(H,105,106)/b23-21+,26-24+,27-25+,30-28+,36-35+,46-32+,48-40+,49-39+/t44-,45?,47?,50?,51?,52?,53?,54?,55?,56-,57+,58?,59?,60?,61?,65?,66?,67?,68?,69?,70?,71?,72?,73?,74?,76?/m1/s1. The molecule has 29 heteroatoms. The number of carboxylic acids is 2. The lowest BCUT2D eigenvalue weighted by molar-refractivity contribution is -0.168. The molecule has 0 saturated carbocycles. The first-order valence-electron chi connectivity index (χ1n) is 38.9. The topological polar surface area (TPSA) is 490 Å². The molecule has 112 heavy (non-hydrogen) atoms. The number of amides is 3. The van der Waals surface area contributed by atoms with Crippen molar-refractivity contribution in [3.05, 3.63) is 95.7 Å². The molecule has 636 valence electrons. The number of esters is 3. The van der Waals surface area contributed by atoms with Crippen molar-refractivity contribution >= 4 is 53.4 Å². The van der Waals surface area contributed by atoms with Crippen LogP contribution >= 0.6 is 0 Å². The first kappa shape index (κ1) is 101. The van der Waals surface area contributed by atoms with E-state index in [1.165, 1.54) is 79.7 Å². The van der Waals surface area contributed by atoms with Crippen LogP contribution in [0.5, 0.6) is 0 Å². The summed E-state index contributed by atoms with van der Waals surface area (Å²) in [4.78, 5) is 119. The second-order valence-electron chi connectivity index (χ2n) is 32.6. The van der Waals surface area contributed by atoms with E-state index in [0.717, 1.165) is 32.6 Å². The molecule has 3 amide bonds. The zero-order valence-electron chi connectivity index (χ0n) is 68.8. The van der Waals surface area contributed by atoms with Crippen LogP contribution in [0.3, 0.4) is 0 Å². The molecule has 2 aliphatic rings. The van der Waals surface area contributed by atoms with E-state index >= 15 is 0 Å². The monoisotopic (exact) mass is 1590 g/mol. The number of methoxy groups -OCH3 is 1. The Hall–Kier alpha value is -7.13. The van der Waals surface area contributed by atoms with E-state index < -0.39 is 215 Å². The van der Waals surface area contributed by atoms with Gasteiger partial charge in [-0.15, -0.1) is 0 Å². The lowest BCUT2D eigenvalue weighted by atomic mass is 9.72. The summed E-state index contributed by atoms with van der Waals surface area (Å²) in [6.45, 7) is 28.0. The molecule has 1 saturated heterocycles. The van der Waals surface area contributed by atoms with Crippen molar-refractivity contribution in [2.24, 2.45) is 64.1 Å². The predicted octanol–water partition coefficient (Wildman–Crippen LogP) is 5.26. The summed E-state index contributed by atoms with van der Waals surface area (Å²) in [7, 11) is 1.16. The van der Waals surface area contributed by atoms with Gasteiger partial charge < -0.3 is 101 Å². The number of aliphatic hydroxyl groups is 11. The second kappa shape index (κ2) is 47.7. The van der Waals surface area contributed by atoms with Crippen molar-refractivity contribution in [3.63, 3.8) is 0 Å². The molecule has 1 fully saturated rings. The normalized spacial score (nSPS) is 30.7. The number of hydrogen-bond acceptors (Lipinski definition) is 24. The highest BCUT2D eigenvalue weighted by Crippen LogP contribution is 2.36. The van der Waals surface area contributed by atoms with E-state index in [-0.39, 0.29) is 43.5 Å². The highest BCUT2D eigenvalue weighted by Gasteiger charge is 2.46. The van der Waals surface area contributed by atoms with Crippen LogP contribution in [-0.4, -0.2) is 237 Å². The van der Waals surface area contributed by atoms with Gasteiger partial charge in [0.25, 0.3) is 0 Å². The van der Waals surface area contributed by atoms with Gasteiger partial charge in [0, 0.05) is 47.5 Å². The van der Waals surface area contributed by atoms with Crippen LogP contribution in [0.15, 0.2) is 95.7 Å². The molecule has 16 N–H and O–H groups in total. The average molecular weight is 1590 g/mol. The number of aliphatic carboxylic acids is 2. The van der Waals surface area contributed by atoms with Crippen molar-refractivity contribution in [2.75, 3.05) is 7.11 Å². The van der Waals surface area contributed by atoms with Crippen molar-refractivity contribution in [2.45, 2.75) is 299 Å². The highest BCUT2D eigenvalue weighted by molar-refractivity contribution is 5.95. The number of allylic oxidation sites excluding steroid dienone is 7. The average Bonchev–Trinajstić information content (AvgIpc) is 0.812. The summed E-state index contributed by atoms with van der Waals surface area (Å²) >= 11 is 0. The second-order valence-corrected chi connectivity index (χ2v) is 32.6. The van der Waals surface area contributed by atoms with Gasteiger partial charge in [-0.1, -0.05) is 136 Å². The molecule has 23 unspecified atom stereocenters. The van der Waals surface area contributed by atoms with Crippen molar-refractivity contribution in [1.82, 2.24) is 16.0 Å². The molecule has 0 radical (unpaired) electrons. The highest BCUT2D eigenvalue weighted by atomic mass is 16.6. The van der Waals surface area contributed by atoms with Crippen LogP contribution in [0.2, 0.25) is 0 Å². The Morgan fingerprint density at radius 1 is 0.723 bits per heavy atom. The number of hydrogen-bond donors (Lipinski definition) is 16. The summed E-state index contributed by atoms with van der Waals surface area (Å²) in [5.74, 6) is -17.6. The summed E-state index contributed by atoms with van der Waals surface area (Å²) < 4.78 is 22.7. The minimum absolute atomic E-state index is 0.0392. The van der Waals surface area contributed by atoms with E-state index in [1.54, 1.807) is 73.6 Å². The lowest BCUT2D eigenvalue weighted by Crippen LogP contribution is -2.58. The van der Waals surface area contributed by atoms with E-state index in [1.807, 2.05) is 24.3 Å². The first-order valence-corrected chi connectivity index (χ1v) is 38.9. The fourth-order valence-electron chi connectivity index (χ4n) is 13.8. The fourth-order valence-corrected chi connectivity index (χ4v) is 13.8. The third kappa shape index (κ3) is 31.9. The summed E-state index contributed by atoms with van der Waals surface area (Å²) in [5, 5.41) is 153. The zero-order chi connectivity index (χ0) is 85.7. The minimum Gasteiger partial charge on any atom is -0.479 e. The smallest absolute Gasteiger partial charge is 0.335 e. The number of carbonyl (C=O) groups is 9. The third-order valence-corrected chi connectivity index (χ3v) is 21.7. The number of carboxylic acid groups (broad SMARTS) is 2. The number of aliphatic hydroxyl groups excluding tert-OH is 11. The van der Waals surface area contributed by atoms with Gasteiger partial charge in [-0.05, 0) is 147 Å². The SMILES string of the molecule is COC(=O)C(C)(C)C(O)C(C)C(=O)C(C)(C)/C=C/C(=O)NC(C(O)C(C)C)C(O)C(C)/C=C(\C)C(O)C(C)CCC(O)C(C)C(=O)NC1C(C)OC(=O)C(C(O)C(=O)O)NC(=O)/C=C/C=C/CC/C=C/C=C/C[C@@H]2C[C@@H](C)C[C@@H](CC(O)C(C)C(O)/C(C)=C/C(C)C(O)/C(C)=C/CC(OC(=O)CC(O)C(=O)O)C(C)C1O)O2. The summed E-state index contributed by atoms with van der Waals surface area (Å²) in [6.07, 6.45) is 1.24. The van der Waals surface area contributed by atoms with E-state index in [0.29, 0.717) is 42.7 Å². The Bertz CT molecular complexity index is 3320. The molecule has 0 aliphatic carbocycles. The molecule has 2 rings (SSSR count). The molecule has 29 nitrogen and oxygen atoms in total. The number of carbonyl (C=O) groups excluding carboxylic acids is 7. The van der Waals surface area contributed by atoms with Crippen LogP contribution in [0.4, 0.5) is 0 Å². The van der Waals surface area contributed by atoms with Gasteiger partial charge in [-0.25, -0.2) is 14.4 Å². The number of fused-ring (bicyclic) bond motifs is 2. The molecular weight excluding hydrogens is 1450 g/mol. The van der Waals surface area contributed by atoms with Gasteiger partial charge in [-0.3, -0.25) is 28.8 Å². The molecule has 0 aromatic rings. The summed E-state index contributed by atoms with van der Waals surface area (Å²) in [5.41, 5.74) is -1.75. The largest absolute Gasteiger partial charge is 0.479 e. The molecule has 0 aromatic carbocycles. The van der Waals surface area contributed by atoms with E-state index in [2.05, 4.69) is 22.9 Å². The number of ether oxygens (including phenoxy) is 4.